The first kappa shape index (κ1) is 23.8. The van der Waals surface area contributed by atoms with E-state index < -0.39 is 13.2 Å². The van der Waals surface area contributed by atoms with E-state index in [2.05, 4.69) is 102 Å². The molecular weight excluding hydrogens is 609 g/mol. The molecule has 0 saturated heterocycles. The molecule has 8 aromatic carbocycles. The predicted octanol–water partition coefficient (Wildman–Crippen LogP) is 12.8. The van der Waals surface area contributed by atoms with Crippen LogP contribution >= 0.6 is 0 Å². The molecule has 0 aliphatic carbocycles. The number of nitrogens with zero attached hydrogens (tertiary/aromatic N) is 2. The number of rotatable bonds is 5. The second-order valence-corrected chi connectivity index (χ2v) is 12.7. The second kappa shape index (κ2) is 11.3. The van der Waals surface area contributed by atoms with Gasteiger partial charge in [0.2, 0.25) is 0 Å². The topological polar surface area (TPSA) is 31.0 Å². The summed E-state index contributed by atoms with van der Waals surface area (Å²) in [7, 11) is 0. The molecule has 3 nitrogen and oxygen atoms in total. The van der Waals surface area contributed by atoms with Gasteiger partial charge in [0, 0.05) is 29.7 Å². The summed E-state index contributed by atoms with van der Waals surface area (Å²) in [5.41, 5.74) is 9.90. The molecule has 0 bridgehead atoms. The second-order valence-electron chi connectivity index (χ2n) is 12.7. The summed E-state index contributed by atoms with van der Waals surface area (Å²) < 4.78 is 49.2. The molecule has 2 aromatic heterocycles. The standard InChI is InChI=1S/C47H32N2O/c1-2-45-48-41-22-8-9-23-42(41)49(45)34-16-12-14-31(28-34)30-13-11-15-32(27-30)46-36-18-3-5-20-38(36)47(39-21-6-4-19-37(39)46)33-25-26-44-40(29-33)35-17-7-10-24-43(35)50-44/h3-29H,2H2,1H3/i1D3,2D2. The number of imidazole rings is 1. The molecule has 236 valence electrons. The third kappa shape index (κ3) is 4.40. The lowest BCUT2D eigenvalue weighted by Crippen LogP contribution is -2.00. The van der Waals surface area contributed by atoms with E-state index in [1.54, 1.807) is 10.6 Å². The minimum absolute atomic E-state index is 0.155. The average Bonchev–Trinajstić information content (AvgIpc) is 3.79. The number of para-hydroxylation sites is 3. The van der Waals surface area contributed by atoms with Crippen molar-refractivity contribution in [1.29, 1.82) is 0 Å². The Kier molecular flexibility index (Phi) is 5.39. The van der Waals surface area contributed by atoms with Gasteiger partial charge >= 0.3 is 0 Å². The molecule has 3 heteroatoms. The third-order valence-corrected chi connectivity index (χ3v) is 9.86. The maximum atomic E-state index is 8.66. The summed E-state index contributed by atoms with van der Waals surface area (Å²) >= 11 is 0. The highest BCUT2D eigenvalue weighted by molar-refractivity contribution is 6.22. The number of aromatic nitrogens is 2. The Labute approximate surface area is 296 Å². The summed E-state index contributed by atoms with van der Waals surface area (Å²) in [5.74, 6) is -0.155. The molecule has 0 unspecified atom stereocenters. The van der Waals surface area contributed by atoms with Crippen LogP contribution in [0.1, 0.15) is 19.5 Å². The summed E-state index contributed by atoms with van der Waals surface area (Å²) in [5, 5.41) is 6.77. The van der Waals surface area contributed by atoms with Crippen molar-refractivity contribution in [2.45, 2.75) is 13.2 Å². The van der Waals surface area contributed by atoms with E-state index in [1.807, 2.05) is 60.7 Å². The quantitative estimate of drug-likeness (QED) is 0.174. The largest absolute Gasteiger partial charge is 0.456 e. The molecule has 0 aliphatic heterocycles. The van der Waals surface area contributed by atoms with Crippen molar-refractivity contribution in [3.05, 3.63) is 170 Å². The number of aryl methyl sites for hydroxylation is 1. The van der Waals surface area contributed by atoms with Crippen LogP contribution in [0.3, 0.4) is 0 Å². The van der Waals surface area contributed by atoms with Gasteiger partial charge < -0.3 is 4.42 Å². The van der Waals surface area contributed by atoms with E-state index in [-0.39, 0.29) is 5.82 Å². The van der Waals surface area contributed by atoms with Gasteiger partial charge in [-0.25, -0.2) is 4.98 Å². The van der Waals surface area contributed by atoms with Gasteiger partial charge in [0.1, 0.15) is 17.0 Å². The Balaban J connectivity index is 1.15. The Morgan fingerprint density at radius 2 is 1.10 bits per heavy atom. The number of fused-ring (bicyclic) bond motifs is 6. The molecule has 0 radical (unpaired) electrons. The van der Waals surface area contributed by atoms with E-state index in [9.17, 15) is 0 Å². The lowest BCUT2D eigenvalue weighted by molar-refractivity contribution is 0.669. The zero-order valence-corrected chi connectivity index (χ0v) is 26.9. The fourth-order valence-electron chi connectivity index (χ4n) is 7.68. The van der Waals surface area contributed by atoms with Crippen LogP contribution in [0.2, 0.25) is 0 Å². The number of hydrogen-bond donors (Lipinski definition) is 0. The van der Waals surface area contributed by atoms with Gasteiger partial charge in [-0.3, -0.25) is 4.57 Å². The van der Waals surface area contributed by atoms with Gasteiger partial charge in [0.05, 0.1) is 11.0 Å². The maximum Gasteiger partial charge on any atom is 0.135 e. The normalized spacial score (nSPS) is 13.8. The van der Waals surface area contributed by atoms with E-state index in [4.69, 9.17) is 11.3 Å². The third-order valence-electron chi connectivity index (χ3n) is 9.86. The zero-order valence-electron chi connectivity index (χ0n) is 31.9. The molecule has 0 spiro atoms. The molecule has 10 rings (SSSR count). The fraction of sp³-hybridized carbons (Fsp3) is 0.0426. The molecular formula is C47H32N2O. The first-order chi connectivity index (χ1) is 26.7. The van der Waals surface area contributed by atoms with Crippen LogP contribution in [-0.2, 0) is 6.37 Å². The van der Waals surface area contributed by atoms with Crippen LogP contribution < -0.4 is 0 Å². The van der Waals surface area contributed by atoms with Crippen molar-refractivity contribution in [1.82, 2.24) is 9.55 Å². The Morgan fingerprint density at radius 3 is 1.84 bits per heavy atom. The van der Waals surface area contributed by atoms with Crippen LogP contribution in [0.4, 0.5) is 0 Å². The number of benzene rings is 8. The highest BCUT2D eigenvalue weighted by Gasteiger charge is 2.18. The monoisotopic (exact) mass is 645 g/mol. The number of furan rings is 1. The van der Waals surface area contributed by atoms with Gasteiger partial charge in [-0.15, -0.1) is 0 Å². The fourth-order valence-corrected chi connectivity index (χ4v) is 7.68. The molecule has 10 aromatic rings. The highest BCUT2D eigenvalue weighted by atomic mass is 16.3. The van der Waals surface area contributed by atoms with Crippen LogP contribution in [0.25, 0.3) is 93.6 Å². The minimum Gasteiger partial charge on any atom is -0.456 e. The molecule has 50 heavy (non-hydrogen) atoms. The SMILES string of the molecule is [2H]C([2H])([2H])C([2H])([2H])c1nc2ccccc2n1-c1cccc(-c2cccc(-c3c4ccccc4c(-c4ccc5oc6ccccc6c5c4)c4ccccc34)c2)c1. The van der Waals surface area contributed by atoms with Crippen molar-refractivity contribution in [3.8, 4) is 39.1 Å². The van der Waals surface area contributed by atoms with Crippen molar-refractivity contribution < 1.29 is 11.3 Å². The molecule has 2 heterocycles. The van der Waals surface area contributed by atoms with Gasteiger partial charge in [-0.05, 0) is 103 Å². The van der Waals surface area contributed by atoms with Gasteiger partial charge in [-0.2, -0.15) is 0 Å². The van der Waals surface area contributed by atoms with Gasteiger partial charge in [0.15, 0.2) is 0 Å². The lowest BCUT2D eigenvalue weighted by atomic mass is 9.85. The van der Waals surface area contributed by atoms with Gasteiger partial charge in [-0.1, -0.05) is 122 Å². The summed E-state index contributed by atoms with van der Waals surface area (Å²) in [6, 6.07) is 55.4. The molecule has 0 N–H and O–H groups in total. The predicted molar refractivity (Wildman–Crippen MR) is 209 cm³/mol. The minimum atomic E-state index is -2.92. The average molecular weight is 646 g/mol. The molecule has 0 fully saturated rings. The Bertz CT molecular complexity index is 3080. The van der Waals surface area contributed by atoms with Crippen molar-refractivity contribution in [2.24, 2.45) is 0 Å². The van der Waals surface area contributed by atoms with Crippen LogP contribution in [0.15, 0.2) is 168 Å². The van der Waals surface area contributed by atoms with Crippen molar-refractivity contribution >= 4 is 54.5 Å². The summed E-state index contributed by atoms with van der Waals surface area (Å²) in [6.07, 6.45) is -2.69. The molecule has 0 aliphatic rings. The maximum absolute atomic E-state index is 8.66. The first-order valence-corrected chi connectivity index (χ1v) is 16.7. The summed E-state index contributed by atoms with van der Waals surface area (Å²) in [4.78, 5) is 4.52. The molecule has 0 amide bonds. The lowest BCUT2D eigenvalue weighted by Gasteiger charge is -2.18. The first-order valence-electron chi connectivity index (χ1n) is 19.2. The van der Waals surface area contributed by atoms with Crippen LogP contribution in [-0.4, -0.2) is 9.55 Å². The van der Waals surface area contributed by atoms with E-state index in [0.717, 1.165) is 71.3 Å². The van der Waals surface area contributed by atoms with Crippen molar-refractivity contribution in [2.75, 3.05) is 0 Å². The Hall–Kier alpha value is -6.45. The summed E-state index contributed by atoms with van der Waals surface area (Å²) in [6.45, 7) is -2.92. The molecule has 0 atom stereocenters. The zero-order chi connectivity index (χ0) is 37.5. The highest BCUT2D eigenvalue weighted by Crippen LogP contribution is 2.45. The molecule has 0 saturated carbocycles. The van der Waals surface area contributed by atoms with E-state index in [0.29, 0.717) is 16.7 Å². The van der Waals surface area contributed by atoms with E-state index in [1.165, 1.54) is 5.56 Å². The smallest absolute Gasteiger partial charge is 0.135 e. The van der Waals surface area contributed by atoms with Crippen molar-refractivity contribution in [3.63, 3.8) is 0 Å². The number of hydrogen-bond acceptors (Lipinski definition) is 2. The van der Waals surface area contributed by atoms with Crippen LogP contribution in [0.5, 0.6) is 0 Å². The van der Waals surface area contributed by atoms with E-state index >= 15 is 0 Å². The van der Waals surface area contributed by atoms with Crippen LogP contribution in [0, 0.1) is 0 Å². The van der Waals surface area contributed by atoms with Gasteiger partial charge in [0.25, 0.3) is 0 Å². The Morgan fingerprint density at radius 1 is 0.520 bits per heavy atom.